The van der Waals surface area contributed by atoms with Gasteiger partial charge in [0.1, 0.15) is 0 Å². The third kappa shape index (κ3) is 5.23. The zero-order valence-corrected chi connectivity index (χ0v) is 11.4. The van der Waals surface area contributed by atoms with Gasteiger partial charge in [0.15, 0.2) is 0 Å². The molecule has 2 unspecified atom stereocenters. The van der Waals surface area contributed by atoms with E-state index < -0.39 is 0 Å². The predicted molar refractivity (Wildman–Crippen MR) is 70.7 cm³/mol. The van der Waals surface area contributed by atoms with Gasteiger partial charge in [-0.2, -0.15) is 11.8 Å². The fraction of sp³-hybridized carbons (Fsp3) is 1.00. The van der Waals surface area contributed by atoms with Crippen molar-refractivity contribution in [2.24, 2.45) is 5.92 Å². The van der Waals surface area contributed by atoms with Crippen molar-refractivity contribution in [2.45, 2.75) is 39.0 Å². The van der Waals surface area contributed by atoms with E-state index in [-0.39, 0.29) is 0 Å². The van der Waals surface area contributed by atoms with Gasteiger partial charge >= 0.3 is 0 Å². The minimum atomic E-state index is 0.640. The molecule has 1 heterocycles. The minimum Gasteiger partial charge on any atom is -0.313 e. The van der Waals surface area contributed by atoms with E-state index in [4.69, 9.17) is 0 Å². The van der Waals surface area contributed by atoms with Crippen LogP contribution in [-0.2, 0) is 0 Å². The summed E-state index contributed by atoms with van der Waals surface area (Å²) in [6.45, 7) is 14.0. The first kappa shape index (κ1) is 13.3. The molecule has 0 spiro atoms. The largest absolute Gasteiger partial charge is 0.313 e. The number of nitrogens with zero attached hydrogens (tertiary/aromatic N) is 1. The average Bonchev–Trinajstić information content (AvgIpc) is 2.17. The lowest BCUT2D eigenvalue weighted by molar-refractivity contribution is 0.276. The molecule has 2 nitrogen and oxygen atoms in total. The Hall–Kier alpha value is 0.270. The molecule has 0 aromatic heterocycles. The molecule has 1 saturated heterocycles. The quantitative estimate of drug-likeness (QED) is 0.778. The van der Waals surface area contributed by atoms with Crippen molar-refractivity contribution in [2.75, 3.05) is 31.9 Å². The lowest BCUT2D eigenvalue weighted by Crippen LogP contribution is -2.42. The van der Waals surface area contributed by atoms with Crippen LogP contribution in [-0.4, -0.2) is 48.1 Å². The second kappa shape index (κ2) is 6.77. The van der Waals surface area contributed by atoms with Crippen molar-refractivity contribution in [3.63, 3.8) is 0 Å². The Morgan fingerprint density at radius 1 is 1.40 bits per heavy atom. The van der Waals surface area contributed by atoms with Gasteiger partial charge < -0.3 is 10.2 Å². The Labute approximate surface area is 99.2 Å². The van der Waals surface area contributed by atoms with Crippen molar-refractivity contribution < 1.29 is 0 Å². The maximum atomic E-state index is 3.60. The monoisotopic (exact) mass is 230 g/mol. The van der Waals surface area contributed by atoms with E-state index in [1.807, 2.05) is 0 Å². The van der Waals surface area contributed by atoms with Crippen molar-refractivity contribution in [1.82, 2.24) is 10.2 Å². The highest BCUT2D eigenvalue weighted by Crippen LogP contribution is 2.16. The Kier molecular flexibility index (Phi) is 6.02. The van der Waals surface area contributed by atoms with Crippen LogP contribution in [0.3, 0.4) is 0 Å². The zero-order valence-electron chi connectivity index (χ0n) is 10.6. The van der Waals surface area contributed by atoms with Gasteiger partial charge in [-0.1, -0.05) is 20.8 Å². The number of hydrogen-bond acceptors (Lipinski definition) is 3. The van der Waals surface area contributed by atoms with Crippen LogP contribution < -0.4 is 5.32 Å². The molecule has 0 radical (unpaired) electrons. The summed E-state index contributed by atoms with van der Waals surface area (Å²) in [5.41, 5.74) is 0. The maximum Gasteiger partial charge on any atom is 0.0147 e. The Balaban J connectivity index is 2.09. The topological polar surface area (TPSA) is 15.3 Å². The van der Waals surface area contributed by atoms with E-state index in [2.05, 4.69) is 49.7 Å². The van der Waals surface area contributed by atoms with Gasteiger partial charge in [0.25, 0.3) is 0 Å². The summed E-state index contributed by atoms with van der Waals surface area (Å²) in [4.78, 5) is 2.58. The van der Waals surface area contributed by atoms with E-state index in [0.717, 1.165) is 17.7 Å². The van der Waals surface area contributed by atoms with Gasteiger partial charge in [0.05, 0.1) is 0 Å². The van der Waals surface area contributed by atoms with Crippen LogP contribution in [0.5, 0.6) is 0 Å². The SMILES string of the molecule is CC1CN(CCNC(C)C(C)C)CCS1. The number of thioether (sulfide) groups is 1. The summed E-state index contributed by atoms with van der Waals surface area (Å²) in [5.74, 6) is 2.04. The molecule has 0 saturated carbocycles. The first-order valence-electron chi connectivity index (χ1n) is 6.17. The Morgan fingerprint density at radius 3 is 2.73 bits per heavy atom. The van der Waals surface area contributed by atoms with Gasteiger partial charge in [0.2, 0.25) is 0 Å². The van der Waals surface area contributed by atoms with Crippen LogP contribution >= 0.6 is 11.8 Å². The van der Waals surface area contributed by atoms with Crippen molar-refractivity contribution >= 4 is 11.8 Å². The fourth-order valence-electron chi connectivity index (χ4n) is 1.78. The van der Waals surface area contributed by atoms with Crippen molar-refractivity contribution in [3.8, 4) is 0 Å². The van der Waals surface area contributed by atoms with Gasteiger partial charge in [-0.25, -0.2) is 0 Å². The lowest BCUT2D eigenvalue weighted by atomic mass is 10.1. The molecule has 3 heteroatoms. The molecular formula is C12H26N2S. The Morgan fingerprint density at radius 2 is 2.13 bits per heavy atom. The van der Waals surface area contributed by atoms with E-state index in [0.29, 0.717) is 6.04 Å². The predicted octanol–water partition coefficient (Wildman–Crippen LogP) is 2.06. The molecule has 2 atom stereocenters. The third-order valence-electron chi connectivity index (χ3n) is 3.22. The molecular weight excluding hydrogens is 204 g/mol. The molecule has 1 N–H and O–H groups in total. The van der Waals surface area contributed by atoms with E-state index in [9.17, 15) is 0 Å². The molecule has 0 bridgehead atoms. The smallest absolute Gasteiger partial charge is 0.0147 e. The zero-order chi connectivity index (χ0) is 11.3. The van der Waals surface area contributed by atoms with E-state index in [1.54, 1.807) is 0 Å². The van der Waals surface area contributed by atoms with Gasteiger partial charge in [-0.05, 0) is 12.8 Å². The van der Waals surface area contributed by atoms with Crippen LogP contribution in [0, 0.1) is 5.92 Å². The van der Waals surface area contributed by atoms with Gasteiger partial charge in [0, 0.05) is 43.2 Å². The molecule has 1 fully saturated rings. The Bertz CT molecular complexity index is 173. The maximum absolute atomic E-state index is 3.60. The van der Waals surface area contributed by atoms with Crippen LogP contribution in [0.2, 0.25) is 0 Å². The van der Waals surface area contributed by atoms with Crippen LogP contribution in [0.4, 0.5) is 0 Å². The normalized spacial score (nSPS) is 25.8. The summed E-state index contributed by atoms with van der Waals surface area (Å²) in [7, 11) is 0. The molecule has 1 rings (SSSR count). The molecule has 15 heavy (non-hydrogen) atoms. The summed E-state index contributed by atoms with van der Waals surface area (Å²) in [6, 6.07) is 0.640. The van der Waals surface area contributed by atoms with Crippen molar-refractivity contribution in [3.05, 3.63) is 0 Å². The van der Waals surface area contributed by atoms with Gasteiger partial charge in [-0.3, -0.25) is 0 Å². The number of hydrogen-bond donors (Lipinski definition) is 1. The molecule has 0 aromatic rings. The highest BCUT2D eigenvalue weighted by molar-refractivity contribution is 7.99. The number of nitrogens with one attached hydrogen (secondary N) is 1. The molecule has 90 valence electrons. The van der Waals surface area contributed by atoms with E-state index in [1.165, 1.54) is 25.4 Å². The van der Waals surface area contributed by atoms with Crippen molar-refractivity contribution in [1.29, 1.82) is 0 Å². The standard InChI is InChI=1S/C12H26N2S/c1-10(2)12(4)13-5-6-14-7-8-15-11(3)9-14/h10-13H,5-9H2,1-4H3. The first-order valence-corrected chi connectivity index (χ1v) is 7.22. The summed E-state index contributed by atoms with van der Waals surface area (Å²) in [5, 5.41) is 4.42. The second-order valence-corrected chi connectivity index (χ2v) is 6.52. The third-order valence-corrected chi connectivity index (χ3v) is 4.36. The summed E-state index contributed by atoms with van der Waals surface area (Å²) in [6.07, 6.45) is 0. The van der Waals surface area contributed by atoms with Crippen LogP contribution in [0.15, 0.2) is 0 Å². The minimum absolute atomic E-state index is 0.640. The second-order valence-electron chi connectivity index (χ2n) is 4.97. The summed E-state index contributed by atoms with van der Waals surface area (Å²) >= 11 is 2.10. The molecule has 0 aromatic carbocycles. The molecule has 0 amide bonds. The molecule has 0 aliphatic carbocycles. The van der Waals surface area contributed by atoms with Gasteiger partial charge in [-0.15, -0.1) is 0 Å². The fourth-order valence-corrected chi connectivity index (χ4v) is 2.86. The highest BCUT2D eigenvalue weighted by atomic mass is 32.2. The average molecular weight is 230 g/mol. The molecule has 1 aliphatic heterocycles. The first-order chi connectivity index (χ1) is 7.09. The van der Waals surface area contributed by atoms with E-state index >= 15 is 0 Å². The molecule has 1 aliphatic rings. The van der Waals surface area contributed by atoms with Crippen LogP contribution in [0.1, 0.15) is 27.7 Å². The lowest BCUT2D eigenvalue weighted by Gasteiger charge is -2.31. The van der Waals surface area contributed by atoms with Crippen LogP contribution in [0.25, 0.3) is 0 Å². The number of rotatable bonds is 5. The summed E-state index contributed by atoms with van der Waals surface area (Å²) < 4.78 is 0. The highest BCUT2D eigenvalue weighted by Gasteiger charge is 2.16.